The zero-order valence-electron chi connectivity index (χ0n) is 10.1. The molecule has 0 saturated heterocycles. The van der Waals surface area contributed by atoms with E-state index in [4.69, 9.17) is 0 Å². The van der Waals surface area contributed by atoms with E-state index in [9.17, 15) is 9.50 Å². The Hall–Kier alpha value is -1.68. The van der Waals surface area contributed by atoms with Gasteiger partial charge in [0.05, 0.1) is 11.4 Å². The van der Waals surface area contributed by atoms with Gasteiger partial charge < -0.3 is 5.11 Å². The topological polar surface area (TPSA) is 38.0 Å². The smallest absolute Gasteiger partial charge is 0.123 e. The number of aliphatic hydroxyl groups excluding tert-OH is 1. The van der Waals surface area contributed by atoms with Crippen LogP contribution in [0.3, 0.4) is 0 Å². The van der Waals surface area contributed by atoms with Gasteiger partial charge in [0.2, 0.25) is 0 Å². The van der Waals surface area contributed by atoms with Gasteiger partial charge >= 0.3 is 0 Å². The quantitative estimate of drug-likeness (QED) is 0.865. The Kier molecular flexibility index (Phi) is 2.98. The predicted molar refractivity (Wildman–Crippen MR) is 63.1 cm³/mol. The summed E-state index contributed by atoms with van der Waals surface area (Å²) < 4.78 is 14.8. The van der Waals surface area contributed by atoms with Gasteiger partial charge in [-0.15, -0.1) is 0 Å². The third-order valence-electron chi connectivity index (χ3n) is 2.85. The summed E-state index contributed by atoms with van der Waals surface area (Å²) in [5.74, 6) is -0.344. The molecule has 17 heavy (non-hydrogen) atoms. The summed E-state index contributed by atoms with van der Waals surface area (Å²) in [7, 11) is 1.76. The molecule has 3 nitrogen and oxygen atoms in total. The lowest BCUT2D eigenvalue weighted by Crippen LogP contribution is -2.08. The first-order chi connectivity index (χ1) is 7.99. The van der Waals surface area contributed by atoms with E-state index in [1.54, 1.807) is 23.9 Å². The predicted octanol–water partition coefficient (Wildman–Crippen LogP) is 2.26. The van der Waals surface area contributed by atoms with E-state index in [1.165, 1.54) is 12.1 Å². The van der Waals surface area contributed by atoms with Crippen molar-refractivity contribution in [1.29, 1.82) is 0 Å². The summed E-state index contributed by atoms with van der Waals surface area (Å²) in [6.07, 6.45) is -0.850. The first-order valence-corrected chi connectivity index (χ1v) is 5.43. The van der Waals surface area contributed by atoms with Crippen LogP contribution in [0.1, 0.15) is 28.6 Å². The largest absolute Gasteiger partial charge is 0.382 e. The van der Waals surface area contributed by atoms with Crippen molar-refractivity contribution >= 4 is 0 Å². The Balaban J connectivity index is 2.46. The second kappa shape index (κ2) is 4.30. The first kappa shape index (κ1) is 11.8. The Labute approximate surface area is 99.5 Å². The van der Waals surface area contributed by atoms with Gasteiger partial charge in [-0.25, -0.2) is 4.39 Å². The summed E-state index contributed by atoms with van der Waals surface area (Å²) in [6.45, 7) is 3.70. The van der Waals surface area contributed by atoms with Crippen molar-refractivity contribution in [1.82, 2.24) is 9.78 Å². The van der Waals surface area contributed by atoms with Crippen LogP contribution in [0.2, 0.25) is 0 Å². The molecule has 4 heteroatoms. The zero-order valence-corrected chi connectivity index (χ0v) is 10.1. The van der Waals surface area contributed by atoms with Crippen LogP contribution in [-0.4, -0.2) is 14.9 Å². The number of aryl methyl sites for hydroxylation is 3. The van der Waals surface area contributed by atoms with E-state index in [1.807, 2.05) is 13.8 Å². The molecule has 1 N–H and O–H groups in total. The summed E-state index contributed by atoms with van der Waals surface area (Å²) in [5.41, 5.74) is 2.93. The van der Waals surface area contributed by atoms with E-state index in [0.29, 0.717) is 11.3 Å². The molecule has 0 amide bonds. The van der Waals surface area contributed by atoms with Crippen molar-refractivity contribution in [3.63, 3.8) is 0 Å². The zero-order chi connectivity index (χ0) is 12.6. The first-order valence-electron chi connectivity index (χ1n) is 5.43. The lowest BCUT2D eigenvalue weighted by molar-refractivity contribution is 0.208. The van der Waals surface area contributed by atoms with E-state index < -0.39 is 6.10 Å². The molecule has 2 aromatic rings. The number of rotatable bonds is 2. The van der Waals surface area contributed by atoms with Crippen LogP contribution in [0.15, 0.2) is 24.3 Å². The van der Waals surface area contributed by atoms with Crippen molar-refractivity contribution < 1.29 is 9.50 Å². The Morgan fingerprint density at radius 3 is 2.59 bits per heavy atom. The van der Waals surface area contributed by atoms with Crippen molar-refractivity contribution in [2.24, 2.45) is 7.05 Å². The van der Waals surface area contributed by atoms with E-state index >= 15 is 0 Å². The minimum absolute atomic E-state index is 0.344. The third kappa shape index (κ3) is 2.22. The molecule has 0 aliphatic rings. The van der Waals surface area contributed by atoms with E-state index in [0.717, 1.165) is 11.3 Å². The van der Waals surface area contributed by atoms with Gasteiger partial charge in [-0.05, 0) is 43.2 Å². The van der Waals surface area contributed by atoms with Gasteiger partial charge in [-0.3, -0.25) is 4.68 Å². The molecule has 0 aliphatic heterocycles. The normalized spacial score (nSPS) is 12.8. The average Bonchev–Trinajstić information content (AvgIpc) is 2.60. The molecular formula is C13H15FN2O. The number of hydrogen-bond acceptors (Lipinski definition) is 2. The molecule has 0 aliphatic carbocycles. The highest BCUT2D eigenvalue weighted by molar-refractivity contribution is 5.33. The molecule has 0 bridgehead atoms. The molecule has 1 aromatic heterocycles. The van der Waals surface area contributed by atoms with Crippen molar-refractivity contribution in [2.75, 3.05) is 0 Å². The van der Waals surface area contributed by atoms with Crippen molar-refractivity contribution in [3.05, 3.63) is 52.6 Å². The fourth-order valence-corrected chi connectivity index (χ4v) is 1.95. The summed E-state index contributed by atoms with van der Waals surface area (Å²) in [5, 5.41) is 14.4. The highest BCUT2D eigenvalue weighted by atomic mass is 19.1. The molecule has 2 rings (SSSR count). The number of halogens is 1. The van der Waals surface area contributed by atoms with Gasteiger partial charge in [0.1, 0.15) is 11.9 Å². The van der Waals surface area contributed by atoms with Crippen LogP contribution in [0.4, 0.5) is 4.39 Å². The van der Waals surface area contributed by atoms with Crippen LogP contribution >= 0.6 is 0 Å². The number of benzene rings is 1. The number of hydrogen-bond donors (Lipinski definition) is 1. The fraction of sp³-hybridized carbons (Fsp3) is 0.308. The van der Waals surface area contributed by atoms with Gasteiger partial charge in [0.25, 0.3) is 0 Å². The SMILES string of the molecule is Cc1cc(C(O)c2cc(F)ccc2C)n(C)n1. The van der Waals surface area contributed by atoms with Crippen LogP contribution in [0, 0.1) is 19.7 Å². The Bertz CT molecular complexity index is 548. The minimum atomic E-state index is -0.850. The van der Waals surface area contributed by atoms with Crippen LogP contribution in [0.25, 0.3) is 0 Å². The van der Waals surface area contributed by atoms with E-state index in [2.05, 4.69) is 5.10 Å². The Morgan fingerprint density at radius 1 is 1.29 bits per heavy atom. The summed E-state index contributed by atoms with van der Waals surface area (Å²) in [4.78, 5) is 0. The lowest BCUT2D eigenvalue weighted by atomic mass is 10.0. The highest BCUT2D eigenvalue weighted by Crippen LogP contribution is 2.25. The van der Waals surface area contributed by atoms with Gasteiger partial charge in [0, 0.05) is 7.05 Å². The fourth-order valence-electron chi connectivity index (χ4n) is 1.95. The Morgan fingerprint density at radius 2 is 2.00 bits per heavy atom. The number of aliphatic hydroxyl groups is 1. The van der Waals surface area contributed by atoms with Crippen molar-refractivity contribution in [3.8, 4) is 0 Å². The monoisotopic (exact) mass is 234 g/mol. The minimum Gasteiger partial charge on any atom is -0.382 e. The van der Waals surface area contributed by atoms with Crippen LogP contribution in [0.5, 0.6) is 0 Å². The van der Waals surface area contributed by atoms with Crippen molar-refractivity contribution in [2.45, 2.75) is 20.0 Å². The molecule has 0 radical (unpaired) electrons. The molecule has 0 spiro atoms. The highest BCUT2D eigenvalue weighted by Gasteiger charge is 2.17. The van der Waals surface area contributed by atoms with Gasteiger partial charge in [-0.2, -0.15) is 5.10 Å². The molecule has 1 heterocycles. The summed E-state index contributed by atoms with van der Waals surface area (Å²) >= 11 is 0. The molecular weight excluding hydrogens is 219 g/mol. The maximum atomic E-state index is 13.2. The number of aromatic nitrogens is 2. The standard InChI is InChI=1S/C13H15FN2O/c1-8-4-5-10(14)7-11(8)13(17)12-6-9(2)15-16(12)3/h4-7,13,17H,1-3H3. The summed E-state index contributed by atoms with van der Waals surface area (Å²) in [6, 6.07) is 6.22. The third-order valence-corrected chi connectivity index (χ3v) is 2.85. The molecule has 0 saturated carbocycles. The van der Waals surface area contributed by atoms with Crippen LogP contribution in [-0.2, 0) is 7.05 Å². The average molecular weight is 234 g/mol. The molecule has 0 fully saturated rings. The molecule has 90 valence electrons. The molecule has 1 aromatic carbocycles. The van der Waals surface area contributed by atoms with E-state index in [-0.39, 0.29) is 5.82 Å². The van der Waals surface area contributed by atoms with Crippen LogP contribution < -0.4 is 0 Å². The van der Waals surface area contributed by atoms with Gasteiger partial charge in [-0.1, -0.05) is 6.07 Å². The number of nitrogens with zero attached hydrogens (tertiary/aromatic N) is 2. The lowest BCUT2D eigenvalue weighted by Gasteiger charge is -2.14. The van der Waals surface area contributed by atoms with Gasteiger partial charge in [0.15, 0.2) is 0 Å². The second-order valence-electron chi connectivity index (χ2n) is 4.24. The molecule has 1 unspecified atom stereocenters. The molecule has 1 atom stereocenters. The maximum Gasteiger partial charge on any atom is 0.123 e. The second-order valence-corrected chi connectivity index (χ2v) is 4.24. The maximum absolute atomic E-state index is 13.2.